The van der Waals surface area contributed by atoms with Crippen LogP contribution in [0.2, 0.25) is 0 Å². The fourth-order valence-corrected chi connectivity index (χ4v) is 1.86. The van der Waals surface area contributed by atoms with Crippen LogP contribution in [0.5, 0.6) is 0 Å². The molecule has 0 saturated carbocycles. The molecule has 3 rings (SSSR count). The van der Waals surface area contributed by atoms with E-state index in [0.29, 0.717) is 5.56 Å². The van der Waals surface area contributed by atoms with Crippen molar-refractivity contribution in [3.05, 3.63) is 65.9 Å². The normalized spacial score (nSPS) is 10.6. The smallest absolute Gasteiger partial charge is 0.256 e. The monoisotopic (exact) mass is 285 g/mol. The van der Waals surface area contributed by atoms with Crippen molar-refractivity contribution in [3.63, 3.8) is 0 Å². The number of benzene rings is 1. The molecule has 1 aromatic carbocycles. The second kappa shape index (κ2) is 5.24. The molecule has 0 aliphatic heterocycles. The summed E-state index contributed by atoms with van der Waals surface area (Å²) in [4.78, 5) is 20.0. The van der Waals surface area contributed by atoms with Gasteiger partial charge in [-0.1, -0.05) is 0 Å². The highest BCUT2D eigenvalue weighted by Crippen LogP contribution is 2.16. The maximum absolute atomic E-state index is 13.5. The lowest BCUT2D eigenvalue weighted by Crippen LogP contribution is -2.13. The van der Waals surface area contributed by atoms with Gasteiger partial charge in [0.1, 0.15) is 17.5 Å². The van der Waals surface area contributed by atoms with Gasteiger partial charge in [-0.05, 0) is 42.5 Å². The number of fused-ring (bicyclic) bond motifs is 1. The van der Waals surface area contributed by atoms with Crippen molar-refractivity contribution in [1.82, 2.24) is 9.97 Å². The second-order valence-electron chi connectivity index (χ2n) is 4.32. The first-order valence-electron chi connectivity index (χ1n) is 6.12. The topological polar surface area (TPSA) is 54.9 Å². The van der Waals surface area contributed by atoms with E-state index in [0.717, 1.165) is 0 Å². The molecule has 6 heteroatoms. The van der Waals surface area contributed by atoms with Crippen LogP contribution in [-0.2, 0) is 0 Å². The molecule has 21 heavy (non-hydrogen) atoms. The summed E-state index contributed by atoms with van der Waals surface area (Å²) < 4.78 is 26.3. The largest absolute Gasteiger partial charge is 0.306 e. The number of nitrogens with one attached hydrogen (secondary N) is 1. The Morgan fingerprint density at radius 3 is 2.52 bits per heavy atom. The van der Waals surface area contributed by atoms with Crippen LogP contribution in [0.4, 0.5) is 14.6 Å². The zero-order valence-corrected chi connectivity index (χ0v) is 10.7. The molecule has 0 fully saturated rings. The maximum atomic E-state index is 13.5. The summed E-state index contributed by atoms with van der Waals surface area (Å²) in [5.41, 5.74) is 0.498. The van der Waals surface area contributed by atoms with Gasteiger partial charge in [0.15, 0.2) is 5.65 Å². The van der Waals surface area contributed by atoms with E-state index < -0.39 is 17.5 Å². The van der Waals surface area contributed by atoms with Crippen LogP contribution in [0, 0.1) is 11.6 Å². The van der Waals surface area contributed by atoms with Gasteiger partial charge in [-0.25, -0.2) is 18.7 Å². The summed E-state index contributed by atoms with van der Waals surface area (Å²) in [5, 5.41) is 2.83. The van der Waals surface area contributed by atoms with Crippen LogP contribution in [0.3, 0.4) is 0 Å². The van der Waals surface area contributed by atoms with E-state index in [1.807, 2.05) is 0 Å². The van der Waals surface area contributed by atoms with Crippen molar-refractivity contribution < 1.29 is 13.6 Å². The first-order chi connectivity index (χ1) is 10.1. The summed E-state index contributed by atoms with van der Waals surface area (Å²) in [6, 6.07) is 9.33. The van der Waals surface area contributed by atoms with Crippen molar-refractivity contribution in [2.75, 3.05) is 5.32 Å². The van der Waals surface area contributed by atoms with Gasteiger partial charge in [0.2, 0.25) is 0 Å². The van der Waals surface area contributed by atoms with Crippen LogP contribution in [0.15, 0.2) is 48.7 Å². The molecule has 0 spiro atoms. The first kappa shape index (κ1) is 13.1. The number of anilines is 1. The summed E-state index contributed by atoms with van der Waals surface area (Å²) in [5.74, 6) is -1.04. The molecule has 0 saturated heterocycles. The molecular weight excluding hydrogens is 276 g/mol. The number of amides is 1. The minimum Gasteiger partial charge on any atom is -0.306 e. The third-order valence-corrected chi connectivity index (χ3v) is 2.90. The van der Waals surface area contributed by atoms with E-state index in [-0.39, 0.29) is 16.9 Å². The summed E-state index contributed by atoms with van der Waals surface area (Å²) in [6.45, 7) is 0. The Morgan fingerprint density at radius 2 is 1.76 bits per heavy atom. The number of carbonyl (C=O) groups excluding carboxylic acids is 1. The lowest BCUT2D eigenvalue weighted by Gasteiger charge is -2.05. The van der Waals surface area contributed by atoms with Crippen LogP contribution < -0.4 is 5.32 Å². The lowest BCUT2D eigenvalue weighted by atomic mass is 10.2. The van der Waals surface area contributed by atoms with Crippen molar-refractivity contribution in [2.45, 2.75) is 0 Å². The molecule has 0 aliphatic carbocycles. The molecule has 3 aromatic rings. The number of pyridine rings is 2. The zero-order chi connectivity index (χ0) is 14.8. The molecule has 2 aromatic heterocycles. The van der Waals surface area contributed by atoms with Gasteiger partial charge in [0, 0.05) is 11.8 Å². The van der Waals surface area contributed by atoms with Gasteiger partial charge in [-0.15, -0.1) is 0 Å². The Labute approximate surface area is 118 Å². The predicted octanol–water partition coefficient (Wildman–Crippen LogP) is 3.16. The number of carbonyl (C=O) groups is 1. The minimum atomic E-state index is -0.432. The molecule has 1 amide bonds. The van der Waals surface area contributed by atoms with Gasteiger partial charge >= 0.3 is 0 Å². The second-order valence-corrected chi connectivity index (χ2v) is 4.32. The standard InChI is InChI=1S/C15H9F2N3O/c16-10-3-1-9(2-4-10)15(21)20-13-6-5-11-12(17)7-8-18-14(11)19-13/h1-8H,(H,18,19,20,21). The SMILES string of the molecule is O=C(Nc1ccc2c(F)ccnc2n1)c1ccc(F)cc1. The number of aromatic nitrogens is 2. The molecular formula is C15H9F2N3O. The zero-order valence-electron chi connectivity index (χ0n) is 10.7. The van der Waals surface area contributed by atoms with Crippen LogP contribution in [0.25, 0.3) is 11.0 Å². The quantitative estimate of drug-likeness (QED) is 0.787. The molecule has 0 atom stereocenters. The molecule has 0 unspecified atom stereocenters. The number of hydrogen-bond donors (Lipinski definition) is 1. The fraction of sp³-hybridized carbons (Fsp3) is 0. The number of rotatable bonds is 2. The highest BCUT2D eigenvalue weighted by molar-refractivity contribution is 6.04. The van der Waals surface area contributed by atoms with Crippen LogP contribution >= 0.6 is 0 Å². The molecule has 2 heterocycles. The van der Waals surface area contributed by atoms with E-state index in [1.165, 1.54) is 48.7 Å². The highest BCUT2D eigenvalue weighted by atomic mass is 19.1. The molecule has 0 bridgehead atoms. The summed E-state index contributed by atoms with van der Waals surface area (Å²) in [6.07, 6.45) is 1.30. The Balaban J connectivity index is 1.88. The number of halogens is 2. The van der Waals surface area contributed by atoms with Crippen molar-refractivity contribution >= 4 is 22.8 Å². The molecule has 104 valence electrons. The molecule has 1 N–H and O–H groups in total. The minimum absolute atomic E-state index is 0.201. The lowest BCUT2D eigenvalue weighted by molar-refractivity contribution is 0.102. The van der Waals surface area contributed by atoms with Gasteiger partial charge < -0.3 is 5.32 Å². The van der Waals surface area contributed by atoms with Gasteiger partial charge in [-0.3, -0.25) is 4.79 Å². The summed E-state index contributed by atoms with van der Waals surface area (Å²) >= 11 is 0. The molecule has 0 aliphatic rings. The van der Waals surface area contributed by atoms with E-state index in [9.17, 15) is 13.6 Å². The van der Waals surface area contributed by atoms with E-state index in [4.69, 9.17) is 0 Å². The van der Waals surface area contributed by atoms with Crippen LogP contribution in [-0.4, -0.2) is 15.9 Å². The molecule has 4 nitrogen and oxygen atoms in total. The van der Waals surface area contributed by atoms with Gasteiger partial charge in [0.05, 0.1) is 5.39 Å². The van der Waals surface area contributed by atoms with Gasteiger partial charge in [0.25, 0.3) is 5.91 Å². The third-order valence-electron chi connectivity index (χ3n) is 2.90. The van der Waals surface area contributed by atoms with Crippen molar-refractivity contribution in [1.29, 1.82) is 0 Å². The van der Waals surface area contributed by atoms with E-state index >= 15 is 0 Å². The Kier molecular flexibility index (Phi) is 3.27. The fourth-order valence-electron chi connectivity index (χ4n) is 1.86. The average Bonchev–Trinajstić information content (AvgIpc) is 2.48. The van der Waals surface area contributed by atoms with Gasteiger partial charge in [-0.2, -0.15) is 0 Å². The first-order valence-corrected chi connectivity index (χ1v) is 6.12. The average molecular weight is 285 g/mol. The van der Waals surface area contributed by atoms with E-state index in [1.54, 1.807) is 0 Å². The predicted molar refractivity (Wildman–Crippen MR) is 73.8 cm³/mol. The number of nitrogens with zero attached hydrogens (tertiary/aromatic N) is 2. The Bertz CT molecular complexity index is 819. The number of hydrogen-bond acceptors (Lipinski definition) is 3. The molecule has 0 radical (unpaired) electrons. The Morgan fingerprint density at radius 1 is 1.00 bits per heavy atom. The van der Waals surface area contributed by atoms with Crippen LogP contribution in [0.1, 0.15) is 10.4 Å². The van der Waals surface area contributed by atoms with E-state index in [2.05, 4.69) is 15.3 Å². The Hall–Kier alpha value is -2.89. The third kappa shape index (κ3) is 2.69. The van der Waals surface area contributed by atoms with Crippen molar-refractivity contribution in [2.24, 2.45) is 0 Å². The highest BCUT2D eigenvalue weighted by Gasteiger charge is 2.09. The summed E-state index contributed by atoms with van der Waals surface area (Å²) in [7, 11) is 0. The maximum Gasteiger partial charge on any atom is 0.256 e. The van der Waals surface area contributed by atoms with Crippen molar-refractivity contribution in [3.8, 4) is 0 Å².